The number of hydrogen-bond donors (Lipinski definition) is 1. The van der Waals surface area contributed by atoms with Gasteiger partial charge in [0.25, 0.3) is 0 Å². The molecule has 2 atom stereocenters. The van der Waals surface area contributed by atoms with Crippen molar-refractivity contribution in [2.24, 2.45) is 0 Å². The average Bonchev–Trinajstić information content (AvgIpc) is 3.22. The highest BCUT2D eigenvalue weighted by Gasteiger charge is 2.16. The zero-order chi connectivity index (χ0) is 19.2. The lowest BCUT2D eigenvalue weighted by Gasteiger charge is -2.27. The molecule has 6 nitrogen and oxygen atoms in total. The monoisotopic (exact) mass is 366 g/mol. The van der Waals surface area contributed by atoms with Crippen LogP contribution in [0.25, 0.3) is 5.69 Å². The van der Waals surface area contributed by atoms with Crippen molar-refractivity contribution in [3.05, 3.63) is 72.3 Å². The van der Waals surface area contributed by atoms with Crippen LogP contribution in [0.2, 0.25) is 0 Å². The molecule has 3 aromatic rings. The number of likely N-dealkylation sites (N-methyl/N-ethyl adjacent to an activating group) is 1. The molecule has 0 amide bonds. The predicted octanol–water partition coefficient (Wildman–Crippen LogP) is 3.01. The van der Waals surface area contributed by atoms with E-state index in [1.807, 2.05) is 50.4 Å². The van der Waals surface area contributed by atoms with Gasteiger partial charge in [-0.05, 0) is 50.7 Å². The minimum Gasteiger partial charge on any atom is -0.491 e. The van der Waals surface area contributed by atoms with E-state index in [-0.39, 0.29) is 12.6 Å². The second-order valence-corrected chi connectivity index (χ2v) is 6.83. The molecule has 2 aromatic carbocycles. The topological polar surface area (TPSA) is 63.4 Å². The number of benzene rings is 2. The first-order valence-electron chi connectivity index (χ1n) is 9.05. The van der Waals surface area contributed by atoms with Crippen molar-refractivity contribution in [2.75, 3.05) is 20.2 Å². The molecule has 0 saturated carbocycles. The maximum atomic E-state index is 10.3. The molecule has 0 saturated heterocycles. The van der Waals surface area contributed by atoms with Crippen molar-refractivity contribution < 1.29 is 9.84 Å². The number of aliphatic hydroxyl groups is 1. The summed E-state index contributed by atoms with van der Waals surface area (Å²) in [6.07, 6.45) is 2.63. The fourth-order valence-corrected chi connectivity index (χ4v) is 2.87. The zero-order valence-corrected chi connectivity index (χ0v) is 16.0. The molecule has 0 unspecified atom stereocenters. The minimum absolute atomic E-state index is 0.170. The summed E-state index contributed by atoms with van der Waals surface area (Å²) >= 11 is 0. The molecule has 6 heteroatoms. The van der Waals surface area contributed by atoms with Crippen molar-refractivity contribution in [2.45, 2.75) is 26.0 Å². The van der Waals surface area contributed by atoms with Crippen LogP contribution in [0.4, 0.5) is 0 Å². The Labute approximate surface area is 160 Å². The molecule has 1 N–H and O–H groups in total. The van der Waals surface area contributed by atoms with Gasteiger partial charge in [-0.25, -0.2) is 9.67 Å². The number of nitrogens with zero attached hydrogens (tertiary/aromatic N) is 4. The molecular formula is C21H26N4O2. The van der Waals surface area contributed by atoms with E-state index in [1.165, 1.54) is 17.5 Å². The van der Waals surface area contributed by atoms with Gasteiger partial charge in [0.2, 0.25) is 0 Å². The Balaban J connectivity index is 1.51. The molecule has 3 rings (SSSR count). The van der Waals surface area contributed by atoms with Gasteiger partial charge in [0.05, 0.1) is 5.69 Å². The molecule has 0 aliphatic heterocycles. The average molecular weight is 366 g/mol. The van der Waals surface area contributed by atoms with E-state index >= 15 is 0 Å². The summed E-state index contributed by atoms with van der Waals surface area (Å²) in [5, 5.41) is 14.4. The van der Waals surface area contributed by atoms with Crippen LogP contribution in [-0.2, 0) is 0 Å². The third kappa shape index (κ3) is 5.15. The van der Waals surface area contributed by atoms with Crippen molar-refractivity contribution >= 4 is 0 Å². The number of rotatable bonds is 8. The Hall–Kier alpha value is -2.70. The lowest BCUT2D eigenvalue weighted by atomic mass is 10.1. The second-order valence-electron chi connectivity index (χ2n) is 6.83. The number of aryl methyl sites for hydroxylation is 1. The minimum atomic E-state index is -0.562. The van der Waals surface area contributed by atoms with Gasteiger partial charge in [0.15, 0.2) is 0 Å². The van der Waals surface area contributed by atoms with E-state index in [1.54, 1.807) is 11.0 Å². The van der Waals surface area contributed by atoms with Crippen molar-refractivity contribution in [3.8, 4) is 11.4 Å². The summed E-state index contributed by atoms with van der Waals surface area (Å²) in [6, 6.07) is 16.2. The molecular weight excluding hydrogens is 340 g/mol. The Bertz CT molecular complexity index is 816. The molecule has 0 aliphatic rings. The molecule has 0 radical (unpaired) electrons. The van der Waals surface area contributed by atoms with Crippen molar-refractivity contribution in [1.82, 2.24) is 19.7 Å². The van der Waals surface area contributed by atoms with Gasteiger partial charge in [-0.1, -0.05) is 29.8 Å². The number of aromatic nitrogens is 3. The first-order chi connectivity index (χ1) is 13.0. The molecule has 0 aliphatic carbocycles. The highest BCUT2D eigenvalue weighted by Crippen LogP contribution is 2.20. The van der Waals surface area contributed by atoms with Gasteiger partial charge in [0.1, 0.15) is 31.1 Å². The Kier molecular flexibility index (Phi) is 6.21. The van der Waals surface area contributed by atoms with Crippen LogP contribution in [0.5, 0.6) is 5.75 Å². The van der Waals surface area contributed by atoms with E-state index in [9.17, 15) is 5.11 Å². The molecule has 142 valence electrons. The van der Waals surface area contributed by atoms with Crippen LogP contribution >= 0.6 is 0 Å². The van der Waals surface area contributed by atoms with Crippen LogP contribution < -0.4 is 4.74 Å². The smallest absolute Gasteiger partial charge is 0.138 e. The van der Waals surface area contributed by atoms with Crippen LogP contribution in [0.1, 0.15) is 24.1 Å². The second kappa shape index (κ2) is 8.79. The first-order valence-corrected chi connectivity index (χ1v) is 9.05. The molecule has 0 bridgehead atoms. The third-order valence-electron chi connectivity index (χ3n) is 4.68. The van der Waals surface area contributed by atoms with Crippen LogP contribution in [0.3, 0.4) is 0 Å². The van der Waals surface area contributed by atoms with Gasteiger partial charge in [-0.15, -0.1) is 0 Å². The lowest BCUT2D eigenvalue weighted by molar-refractivity contribution is 0.0654. The van der Waals surface area contributed by atoms with E-state index in [4.69, 9.17) is 4.74 Å². The van der Waals surface area contributed by atoms with Gasteiger partial charge in [-0.2, -0.15) is 5.10 Å². The molecule has 1 aromatic heterocycles. The zero-order valence-electron chi connectivity index (χ0n) is 16.0. The Morgan fingerprint density at radius 1 is 1.11 bits per heavy atom. The van der Waals surface area contributed by atoms with Gasteiger partial charge in [0, 0.05) is 12.6 Å². The van der Waals surface area contributed by atoms with Crippen LogP contribution in [-0.4, -0.2) is 51.1 Å². The van der Waals surface area contributed by atoms with Gasteiger partial charge in [-0.3, -0.25) is 4.90 Å². The summed E-state index contributed by atoms with van der Waals surface area (Å²) in [4.78, 5) is 6.08. The number of aliphatic hydroxyl groups excluding tert-OH is 1. The van der Waals surface area contributed by atoms with E-state index in [0.717, 1.165) is 11.4 Å². The molecule has 0 spiro atoms. The highest BCUT2D eigenvalue weighted by atomic mass is 16.5. The summed E-state index contributed by atoms with van der Waals surface area (Å²) in [5.41, 5.74) is 3.33. The fourth-order valence-electron chi connectivity index (χ4n) is 2.87. The van der Waals surface area contributed by atoms with Crippen molar-refractivity contribution in [3.63, 3.8) is 0 Å². The SMILES string of the molecule is Cc1ccc(OC[C@@H](O)CN(C)[C@@H](C)c2ccc(-n3cncn3)cc2)cc1. The molecule has 1 heterocycles. The quantitative estimate of drug-likeness (QED) is 0.664. The van der Waals surface area contributed by atoms with E-state index in [0.29, 0.717) is 6.54 Å². The third-order valence-corrected chi connectivity index (χ3v) is 4.68. The fraction of sp³-hybridized carbons (Fsp3) is 0.333. The first kappa shape index (κ1) is 19.1. The molecule has 27 heavy (non-hydrogen) atoms. The van der Waals surface area contributed by atoms with E-state index in [2.05, 4.69) is 34.0 Å². The summed E-state index contributed by atoms with van der Waals surface area (Å²) in [6.45, 7) is 4.95. The number of ether oxygens (including phenoxy) is 1. The maximum Gasteiger partial charge on any atom is 0.138 e. The van der Waals surface area contributed by atoms with E-state index < -0.39 is 6.10 Å². The maximum absolute atomic E-state index is 10.3. The van der Waals surface area contributed by atoms with Crippen molar-refractivity contribution in [1.29, 1.82) is 0 Å². The lowest BCUT2D eigenvalue weighted by Crippen LogP contribution is -2.34. The molecule has 0 fully saturated rings. The highest BCUT2D eigenvalue weighted by molar-refractivity contribution is 5.34. The summed E-state index contributed by atoms with van der Waals surface area (Å²) < 4.78 is 7.40. The van der Waals surface area contributed by atoms with Crippen LogP contribution in [0, 0.1) is 6.92 Å². The Morgan fingerprint density at radius 3 is 2.44 bits per heavy atom. The predicted molar refractivity (Wildman–Crippen MR) is 105 cm³/mol. The summed E-state index contributed by atoms with van der Waals surface area (Å²) in [5.74, 6) is 0.777. The normalized spacial score (nSPS) is 13.5. The van der Waals surface area contributed by atoms with Gasteiger partial charge >= 0.3 is 0 Å². The van der Waals surface area contributed by atoms with Gasteiger partial charge < -0.3 is 9.84 Å². The van der Waals surface area contributed by atoms with Crippen LogP contribution in [0.15, 0.2) is 61.2 Å². The largest absolute Gasteiger partial charge is 0.491 e. The standard InChI is InChI=1S/C21H26N4O2/c1-16-4-10-21(11-5-16)27-13-20(26)12-24(3)17(2)18-6-8-19(9-7-18)25-15-22-14-23-25/h4-11,14-15,17,20,26H,12-13H2,1-3H3/t17-,20-/m0/s1. The Morgan fingerprint density at radius 2 is 1.81 bits per heavy atom. The summed E-state index contributed by atoms with van der Waals surface area (Å²) in [7, 11) is 2.01. The number of hydrogen-bond acceptors (Lipinski definition) is 5.